The largest absolute Gasteiger partial charge is 0.493 e. The highest BCUT2D eigenvalue weighted by molar-refractivity contribution is 8.00. The molecule has 0 aliphatic carbocycles. The lowest BCUT2D eigenvalue weighted by molar-refractivity contribution is -0.120. The zero-order valence-electron chi connectivity index (χ0n) is 40.2. The van der Waals surface area contributed by atoms with Crippen molar-refractivity contribution in [2.45, 2.75) is 115 Å². The minimum absolute atomic E-state index is 0.0550. The number of aryl methyl sites for hydroxylation is 3. The number of methoxy groups -OCH3 is 2. The van der Waals surface area contributed by atoms with Gasteiger partial charge in [0.15, 0.2) is 11.5 Å². The van der Waals surface area contributed by atoms with Crippen molar-refractivity contribution >= 4 is 35.2 Å². The van der Waals surface area contributed by atoms with Gasteiger partial charge in [0.1, 0.15) is 19.0 Å². The summed E-state index contributed by atoms with van der Waals surface area (Å²) in [4.78, 5) is 45.8. The smallest absolute Gasteiger partial charge is 0.254 e. The van der Waals surface area contributed by atoms with Crippen LogP contribution in [0.5, 0.6) is 17.2 Å². The molecule has 0 bridgehead atoms. The molecular formula is C52H72N4O9S. The van der Waals surface area contributed by atoms with Gasteiger partial charge >= 0.3 is 0 Å². The maximum absolute atomic E-state index is 13.7. The number of benzene rings is 3. The number of amides is 3. The summed E-state index contributed by atoms with van der Waals surface area (Å²) >= 11 is 1.86. The fourth-order valence-electron chi connectivity index (χ4n) is 9.90. The SMILES string of the molecule is CNC(=O)CCCSC(C)(C)CN(CCOCCOCCOC)c1cc(COc2cc3c(cc2C)C(=O)N2CCC[C@H]2CC3)cc(COc2cc3c(cc2OC)C(=O)N2CCC[C@H]2CC3)c1. The first kappa shape index (κ1) is 49.4. The van der Waals surface area contributed by atoms with Crippen molar-refractivity contribution in [2.75, 3.05) is 91.1 Å². The highest BCUT2D eigenvalue weighted by Crippen LogP contribution is 2.38. The van der Waals surface area contributed by atoms with Gasteiger partial charge in [0.25, 0.3) is 11.8 Å². The first-order valence-electron chi connectivity index (χ1n) is 24.1. The number of rotatable bonds is 24. The molecule has 7 rings (SSSR count). The molecule has 1 N–H and O–H groups in total. The van der Waals surface area contributed by atoms with Crippen LogP contribution in [0.4, 0.5) is 5.69 Å². The maximum Gasteiger partial charge on any atom is 0.254 e. The lowest BCUT2D eigenvalue weighted by Crippen LogP contribution is -2.39. The predicted octanol–water partition coefficient (Wildman–Crippen LogP) is 7.79. The Balaban J connectivity index is 1.15. The molecule has 2 fully saturated rings. The van der Waals surface area contributed by atoms with E-state index in [1.807, 2.05) is 41.8 Å². The highest BCUT2D eigenvalue weighted by atomic mass is 32.2. The third-order valence-electron chi connectivity index (χ3n) is 13.4. The van der Waals surface area contributed by atoms with Gasteiger partial charge in [-0.3, -0.25) is 14.4 Å². The molecule has 4 aliphatic heterocycles. The first-order chi connectivity index (χ1) is 32.0. The Labute approximate surface area is 396 Å². The van der Waals surface area contributed by atoms with Crippen LogP contribution in [0, 0.1) is 6.92 Å². The first-order valence-corrected chi connectivity index (χ1v) is 25.0. The van der Waals surface area contributed by atoms with E-state index in [0.29, 0.717) is 75.7 Å². The van der Waals surface area contributed by atoms with E-state index in [-0.39, 0.29) is 35.1 Å². The molecule has 66 heavy (non-hydrogen) atoms. The molecule has 4 heterocycles. The van der Waals surface area contributed by atoms with E-state index in [1.54, 1.807) is 21.3 Å². The molecule has 13 nitrogen and oxygen atoms in total. The van der Waals surface area contributed by atoms with Crippen molar-refractivity contribution in [3.8, 4) is 17.2 Å². The molecule has 0 unspecified atom stereocenters. The lowest BCUT2D eigenvalue weighted by atomic mass is 9.99. The number of ether oxygens (including phenoxy) is 6. The molecule has 3 amide bonds. The van der Waals surface area contributed by atoms with E-state index >= 15 is 0 Å². The summed E-state index contributed by atoms with van der Waals surface area (Å²) in [5.74, 6) is 3.07. The van der Waals surface area contributed by atoms with Crippen LogP contribution in [0.2, 0.25) is 0 Å². The van der Waals surface area contributed by atoms with Crippen molar-refractivity contribution in [1.29, 1.82) is 0 Å². The van der Waals surface area contributed by atoms with Crippen molar-refractivity contribution in [1.82, 2.24) is 15.1 Å². The minimum atomic E-state index is -0.164. The van der Waals surface area contributed by atoms with Crippen LogP contribution in [0.25, 0.3) is 0 Å². The quantitative estimate of drug-likeness (QED) is 0.0885. The molecule has 3 aromatic rings. The zero-order valence-corrected chi connectivity index (χ0v) is 41.0. The zero-order chi connectivity index (χ0) is 46.6. The molecule has 0 spiro atoms. The van der Waals surface area contributed by atoms with E-state index in [4.69, 9.17) is 28.4 Å². The fraction of sp³-hybridized carbons (Fsp3) is 0.596. The van der Waals surface area contributed by atoms with Crippen molar-refractivity contribution in [3.63, 3.8) is 0 Å². The molecule has 0 aromatic heterocycles. The van der Waals surface area contributed by atoms with Crippen LogP contribution >= 0.6 is 11.8 Å². The number of nitrogens with one attached hydrogen (secondary N) is 1. The third kappa shape index (κ3) is 12.7. The van der Waals surface area contributed by atoms with Crippen molar-refractivity contribution < 1.29 is 42.8 Å². The topological polar surface area (TPSA) is 128 Å². The standard InChI is InChI=1S/C52H72N4O9S/c1-36-26-44-39(13-15-41-10-7-17-55(41)50(44)58)30-46(36)64-33-37-27-38(34-65-48-31-40-14-16-42-11-8-18-56(42)51(59)45(40)32-47(48)61-6)29-43(28-37)54(19-20-62-23-24-63-22-21-60-5)35-52(2,3)66-25-9-12-49(57)53-4/h26-32,41-42H,7-25,33-35H2,1-6H3,(H,53,57)/t41-,42-/m0/s1. The Hall–Kier alpha value is -4.50. The average molecular weight is 929 g/mol. The van der Waals surface area contributed by atoms with Gasteiger partial charge in [0.2, 0.25) is 5.91 Å². The summed E-state index contributed by atoms with van der Waals surface area (Å²) in [7, 11) is 4.96. The second kappa shape index (κ2) is 23.5. The van der Waals surface area contributed by atoms with Crippen LogP contribution in [-0.2, 0) is 45.1 Å². The summed E-state index contributed by atoms with van der Waals surface area (Å²) in [5.41, 5.74) is 7.45. The lowest BCUT2D eigenvalue weighted by Gasteiger charge is -2.34. The van der Waals surface area contributed by atoms with Crippen LogP contribution in [0.3, 0.4) is 0 Å². The fourth-order valence-corrected chi connectivity index (χ4v) is 11.0. The third-order valence-corrected chi connectivity index (χ3v) is 14.8. The number of nitrogens with zero attached hydrogens (tertiary/aromatic N) is 3. The summed E-state index contributed by atoms with van der Waals surface area (Å²) in [6.45, 7) is 12.6. The number of thioether (sulfide) groups is 1. The Morgan fingerprint density at radius 1 is 0.758 bits per heavy atom. The number of hydrogen-bond acceptors (Lipinski definition) is 11. The molecule has 0 radical (unpaired) electrons. The number of hydrogen-bond donors (Lipinski definition) is 1. The maximum atomic E-state index is 13.7. The number of carbonyl (C=O) groups is 3. The Morgan fingerprint density at radius 2 is 1.35 bits per heavy atom. The highest BCUT2D eigenvalue weighted by Gasteiger charge is 2.35. The van der Waals surface area contributed by atoms with Gasteiger partial charge in [-0.15, -0.1) is 0 Å². The van der Waals surface area contributed by atoms with E-state index in [9.17, 15) is 14.4 Å². The molecule has 14 heteroatoms. The molecule has 4 aliphatic rings. The van der Waals surface area contributed by atoms with Crippen molar-refractivity contribution in [3.05, 3.63) is 81.4 Å². The number of carbonyl (C=O) groups excluding carboxylic acids is 3. The second-order valence-corrected chi connectivity index (χ2v) is 20.5. The molecule has 3 aromatic carbocycles. The van der Waals surface area contributed by atoms with Gasteiger partial charge in [-0.1, -0.05) is 0 Å². The number of anilines is 1. The Kier molecular flexibility index (Phi) is 17.6. The molecule has 360 valence electrons. The van der Waals surface area contributed by atoms with Gasteiger partial charge < -0.3 is 48.4 Å². The monoisotopic (exact) mass is 929 g/mol. The molecule has 2 atom stereocenters. The van der Waals surface area contributed by atoms with Crippen LogP contribution in [0.15, 0.2) is 42.5 Å². The average Bonchev–Trinajstić information content (AvgIpc) is 3.95. The Morgan fingerprint density at radius 3 is 1.97 bits per heavy atom. The van der Waals surface area contributed by atoms with Gasteiger partial charge in [-0.05, 0) is 155 Å². The molecular weight excluding hydrogens is 857 g/mol. The molecule has 0 saturated carbocycles. The van der Waals surface area contributed by atoms with Gasteiger partial charge in [-0.2, -0.15) is 11.8 Å². The predicted molar refractivity (Wildman–Crippen MR) is 260 cm³/mol. The van der Waals surface area contributed by atoms with Gasteiger partial charge in [0.05, 0.1) is 40.1 Å². The van der Waals surface area contributed by atoms with Crippen LogP contribution < -0.4 is 24.4 Å². The van der Waals surface area contributed by atoms with E-state index < -0.39 is 0 Å². The van der Waals surface area contributed by atoms with E-state index in [1.165, 1.54) is 0 Å². The van der Waals surface area contributed by atoms with Crippen molar-refractivity contribution in [2.24, 2.45) is 0 Å². The Bertz CT molecular complexity index is 2150. The van der Waals surface area contributed by atoms with E-state index in [0.717, 1.165) is 128 Å². The summed E-state index contributed by atoms with van der Waals surface area (Å²) in [5, 5.41) is 2.73. The number of fused-ring (bicyclic) bond motifs is 4. The van der Waals surface area contributed by atoms with E-state index in [2.05, 4.69) is 53.2 Å². The summed E-state index contributed by atoms with van der Waals surface area (Å²) < 4.78 is 35.9. The van der Waals surface area contributed by atoms with Gasteiger partial charge in [0, 0.05) is 80.4 Å². The second-order valence-electron chi connectivity index (χ2n) is 18.7. The van der Waals surface area contributed by atoms with Gasteiger partial charge in [-0.25, -0.2) is 0 Å². The summed E-state index contributed by atoms with van der Waals surface area (Å²) in [6.07, 6.45) is 9.11. The summed E-state index contributed by atoms with van der Waals surface area (Å²) in [6, 6.07) is 15.1. The van der Waals surface area contributed by atoms with Crippen LogP contribution in [0.1, 0.15) is 114 Å². The molecule has 2 saturated heterocycles. The van der Waals surface area contributed by atoms with Crippen LogP contribution in [-0.4, -0.2) is 131 Å². The minimum Gasteiger partial charge on any atom is -0.493 e. The normalized spacial score (nSPS) is 18.0.